The number of nitro groups is 1. The Morgan fingerprint density at radius 1 is 1.39 bits per heavy atom. The average Bonchev–Trinajstić information content (AvgIpc) is 3.10. The maximum atomic E-state index is 12.8. The Kier molecular flexibility index (Phi) is 6.67. The number of thiophene rings is 1. The minimum Gasteiger partial charge on any atom is -0.507 e. The molecule has 0 atom stereocenters. The lowest BCUT2D eigenvalue weighted by atomic mass is 9.95. The van der Waals surface area contributed by atoms with Crippen LogP contribution in [0.3, 0.4) is 0 Å². The molecule has 3 rings (SSSR count). The fourth-order valence-corrected chi connectivity index (χ4v) is 4.59. The van der Waals surface area contributed by atoms with Crippen molar-refractivity contribution in [1.82, 2.24) is 0 Å². The number of hydrogen-bond acceptors (Lipinski definition) is 8. The summed E-state index contributed by atoms with van der Waals surface area (Å²) in [6, 6.07) is 5.03. The quantitative estimate of drug-likeness (QED) is 0.227. The summed E-state index contributed by atoms with van der Waals surface area (Å²) < 4.78 is 5.15. The molecule has 1 aromatic heterocycles. The molecular formula is C21H19N3O6S. The molecule has 0 saturated heterocycles. The minimum atomic E-state index is -0.794. The van der Waals surface area contributed by atoms with Gasteiger partial charge in [0, 0.05) is 22.6 Å². The molecule has 9 nitrogen and oxygen atoms in total. The van der Waals surface area contributed by atoms with Crippen LogP contribution in [0.5, 0.6) is 5.75 Å². The highest BCUT2D eigenvalue weighted by Crippen LogP contribution is 2.39. The number of benzene rings is 1. The fourth-order valence-electron chi connectivity index (χ4n) is 3.32. The number of nitrogens with one attached hydrogen (secondary N) is 1. The van der Waals surface area contributed by atoms with Gasteiger partial charge in [-0.05, 0) is 50.3 Å². The van der Waals surface area contributed by atoms with E-state index in [9.17, 15) is 30.1 Å². The van der Waals surface area contributed by atoms with Crippen molar-refractivity contribution in [1.29, 1.82) is 5.26 Å². The van der Waals surface area contributed by atoms with E-state index in [1.807, 2.05) is 0 Å². The zero-order valence-corrected chi connectivity index (χ0v) is 17.5. The molecule has 1 aromatic carbocycles. The number of esters is 1. The van der Waals surface area contributed by atoms with E-state index in [1.54, 1.807) is 13.0 Å². The number of aryl methyl sites for hydroxylation is 1. The highest BCUT2D eigenvalue weighted by Gasteiger charge is 2.28. The van der Waals surface area contributed by atoms with Crippen LogP contribution >= 0.6 is 11.3 Å². The first-order valence-corrected chi connectivity index (χ1v) is 10.4. The summed E-state index contributed by atoms with van der Waals surface area (Å²) in [6.07, 6.45) is 4.48. The Hall–Kier alpha value is -3.71. The van der Waals surface area contributed by atoms with Crippen molar-refractivity contribution >= 4 is 40.0 Å². The summed E-state index contributed by atoms with van der Waals surface area (Å²) in [4.78, 5) is 36.6. The number of phenols is 1. The summed E-state index contributed by atoms with van der Waals surface area (Å²) in [5.74, 6) is -1.64. The summed E-state index contributed by atoms with van der Waals surface area (Å²) in [5, 5.41) is 33.3. The number of nitriles is 1. The summed E-state index contributed by atoms with van der Waals surface area (Å²) in [6.45, 7) is 1.88. The van der Waals surface area contributed by atoms with Crippen LogP contribution in [0.2, 0.25) is 0 Å². The first-order chi connectivity index (χ1) is 14.8. The van der Waals surface area contributed by atoms with Gasteiger partial charge in [-0.3, -0.25) is 14.9 Å². The van der Waals surface area contributed by atoms with Gasteiger partial charge >= 0.3 is 5.97 Å². The Morgan fingerprint density at radius 3 is 2.81 bits per heavy atom. The third-order valence-corrected chi connectivity index (χ3v) is 5.97. The van der Waals surface area contributed by atoms with E-state index in [-0.39, 0.29) is 29.2 Å². The third kappa shape index (κ3) is 4.73. The highest BCUT2D eigenvalue weighted by atomic mass is 32.1. The molecule has 0 aliphatic heterocycles. The Bertz CT molecular complexity index is 1130. The number of hydrogen-bond donors (Lipinski definition) is 2. The number of nitrogens with zero attached hydrogens (tertiary/aromatic N) is 2. The van der Waals surface area contributed by atoms with E-state index in [0.29, 0.717) is 17.0 Å². The molecule has 1 heterocycles. The van der Waals surface area contributed by atoms with Crippen LogP contribution in [0, 0.1) is 21.4 Å². The zero-order chi connectivity index (χ0) is 22.5. The number of aromatic hydroxyl groups is 1. The van der Waals surface area contributed by atoms with Crippen molar-refractivity contribution in [2.24, 2.45) is 0 Å². The normalized spacial score (nSPS) is 13.1. The van der Waals surface area contributed by atoms with Crippen LogP contribution in [0.15, 0.2) is 23.8 Å². The van der Waals surface area contributed by atoms with Gasteiger partial charge in [0.15, 0.2) is 0 Å². The molecular weight excluding hydrogens is 422 g/mol. The van der Waals surface area contributed by atoms with Gasteiger partial charge in [0.1, 0.15) is 22.4 Å². The Labute approximate surface area is 181 Å². The molecule has 160 valence electrons. The van der Waals surface area contributed by atoms with Crippen LogP contribution in [0.1, 0.15) is 46.1 Å². The number of phenolic OH excluding ortho intramolecular Hbond substituents is 1. The minimum absolute atomic E-state index is 0.0445. The van der Waals surface area contributed by atoms with Gasteiger partial charge in [0.05, 0.1) is 17.1 Å². The largest absolute Gasteiger partial charge is 0.507 e. The van der Waals surface area contributed by atoms with Crippen molar-refractivity contribution in [3.8, 4) is 11.8 Å². The lowest BCUT2D eigenvalue weighted by molar-refractivity contribution is -0.384. The second kappa shape index (κ2) is 9.40. The molecule has 10 heteroatoms. The van der Waals surface area contributed by atoms with Crippen LogP contribution in [0.4, 0.5) is 10.7 Å². The van der Waals surface area contributed by atoms with Gasteiger partial charge in [0.2, 0.25) is 0 Å². The Morgan fingerprint density at radius 2 is 2.13 bits per heavy atom. The summed E-state index contributed by atoms with van der Waals surface area (Å²) in [7, 11) is 0. The molecule has 31 heavy (non-hydrogen) atoms. The summed E-state index contributed by atoms with van der Waals surface area (Å²) >= 11 is 1.28. The molecule has 0 fully saturated rings. The standard InChI is InChI=1S/C21H19N3O6S/c1-2-30-21(27)18-15-5-3-4-6-17(15)31-20(18)23-19(26)13(11-22)9-12-10-14(24(28)29)7-8-16(12)25/h7-10,25H,2-6H2,1H3,(H,23,26)/b13-9+. The van der Waals surface area contributed by atoms with Gasteiger partial charge in [-0.25, -0.2) is 4.79 Å². The number of ether oxygens (including phenoxy) is 1. The van der Waals surface area contributed by atoms with Crippen molar-refractivity contribution in [2.45, 2.75) is 32.6 Å². The van der Waals surface area contributed by atoms with Crippen molar-refractivity contribution < 1.29 is 24.4 Å². The molecule has 0 radical (unpaired) electrons. The average molecular weight is 441 g/mol. The SMILES string of the molecule is CCOC(=O)c1c(NC(=O)/C(C#N)=C/c2cc([N+](=O)[O-])ccc2O)sc2c1CCCC2. The van der Waals surface area contributed by atoms with Crippen molar-refractivity contribution in [3.63, 3.8) is 0 Å². The number of carbonyl (C=O) groups excluding carboxylic acids is 2. The van der Waals surface area contributed by atoms with Crippen LogP contribution in [-0.2, 0) is 22.4 Å². The molecule has 0 unspecified atom stereocenters. The lowest BCUT2D eigenvalue weighted by Gasteiger charge is -2.12. The molecule has 0 bridgehead atoms. The first-order valence-electron chi connectivity index (χ1n) is 9.57. The van der Waals surface area contributed by atoms with Crippen LogP contribution in [-0.4, -0.2) is 28.5 Å². The van der Waals surface area contributed by atoms with E-state index in [0.717, 1.165) is 54.0 Å². The molecule has 2 aromatic rings. The first kappa shape index (κ1) is 22.0. The third-order valence-electron chi connectivity index (χ3n) is 4.76. The van der Waals surface area contributed by atoms with Gasteiger partial charge in [-0.2, -0.15) is 5.26 Å². The fraction of sp³-hybridized carbons (Fsp3) is 0.286. The molecule has 0 spiro atoms. The predicted molar refractivity (Wildman–Crippen MR) is 114 cm³/mol. The van der Waals surface area contributed by atoms with E-state index in [2.05, 4.69) is 5.32 Å². The predicted octanol–water partition coefficient (Wildman–Crippen LogP) is 3.96. The molecule has 2 N–H and O–H groups in total. The highest BCUT2D eigenvalue weighted by molar-refractivity contribution is 7.17. The van der Waals surface area contributed by atoms with E-state index in [4.69, 9.17) is 4.74 Å². The second-order valence-electron chi connectivity index (χ2n) is 6.76. The molecule has 1 aliphatic rings. The number of nitro benzene ring substituents is 1. The van der Waals surface area contributed by atoms with Crippen LogP contribution in [0.25, 0.3) is 6.08 Å². The smallest absolute Gasteiger partial charge is 0.341 e. The monoisotopic (exact) mass is 441 g/mol. The maximum Gasteiger partial charge on any atom is 0.341 e. The summed E-state index contributed by atoms with van der Waals surface area (Å²) in [5.41, 5.74) is 0.459. The van der Waals surface area contributed by atoms with Crippen LogP contribution < -0.4 is 5.32 Å². The molecule has 0 saturated carbocycles. The topological polar surface area (TPSA) is 143 Å². The maximum absolute atomic E-state index is 12.8. The van der Waals surface area contributed by atoms with E-state index < -0.39 is 16.8 Å². The molecule has 1 amide bonds. The number of amides is 1. The van der Waals surface area contributed by atoms with Gasteiger partial charge in [0.25, 0.3) is 11.6 Å². The second-order valence-corrected chi connectivity index (χ2v) is 7.86. The zero-order valence-electron chi connectivity index (χ0n) is 16.6. The molecule has 1 aliphatic carbocycles. The lowest BCUT2D eigenvalue weighted by Crippen LogP contribution is -2.16. The van der Waals surface area contributed by atoms with Gasteiger partial charge in [-0.1, -0.05) is 0 Å². The number of fused-ring (bicyclic) bond motifs is 1. The van der Waals surface area contributed by atoms with Gasteiger partial charge in [-0.15, -0.1) is 11.3 Å². The van der Waals surface area contributed by atoms with E-state index in [1.165, 1.54) is 11.3 Å². The van der Waals surface area contributed by atoms with Gasteiger partial charge < -0.3 is 15.2 Å². The number of anilines is 1. The van der Waals surface area contributed by atoms with Crippen molar-refractivity contribution in [2.75, 3.05) is 11.9 Å². The number of rotatable bonds is 6. The number of carbonyl (C=O) groups is 2. The van der Waals surface area contributed by atoms with Crippen molar-refractivity contribution in [3.05, 3.63) is 55.5 Å². The van der Waals surface area contributed by atoms with E-state index >= 15 is 0 Å². The number of non-ortho nitro benzene ring substituents is 1. The Balaban J connectivity index is 1.95.